The van der Waals surface area contributed by atoms with E-state index in [1.807, 2.05) is 12.3 Å². The van der Waals surface area contributed by atoms with Gasteiger partial charge in [0.1, 0.15) is 5.01 Å². The Morgan fingerprint density at radius 1 is 1.53 bits per heavy atom. The van der Waals surface area contributed by atoms with Crippen LogP contribution in [0.25, 0.3) is 0 Å². The highest BCUT2D eigenvalue weighted by atomic mass is 32.1. The number of hydrogen-bond acceptors (Lipinski definition) is 4. The van der Waals surface area contributed by atoms with Crippen molar-refractivity contribution in [3.8, 4) is 0 Å². The first-order valence-electron chi connectivity index (χ1n) is 5.21. The molecule has 0 bridgehead atoms. The third-order valence-electron chi connectivity index (χ3n) is 1.99. The Bertz CT molecular complexity index is 401. The summed E-state index contributed by atoms with van der Waals surface area (Å²) in [6, 6.07) is 0. The van der Waals surface area contributed by atoms with Crippen LogP contribution in [-0.4, -0.2) is 37.5 Å². The van der Waals surface area contributed by atoms with Gasteiger partial charge in [0.2, 0.25) is 5.91 Å². The van der Waals surface area contributed by atoms with E-state index in [-0.39, 0.29) is 12.5 Å². The zero-order valence-electron chi connectivity index (χ0n) is 10.2. The molecule has 6 nitrogen and oxygen atoms in total. The van der Waals surface area contributed by atoms with Crippen molar-refractivity contribution in [1.29, 1.82) is 0 Å². The Morgan fingerprint density at radius 2 is 2.29 bits per heavy atom. The summed E-state index contributed by atoms with van der Waals surface area (Å²) in [6.07, 6.45) is 0. The molecule has 7 heteroatoms. The standard InChI is InChI=1S/C10H17N5OS/c1-7-6-17-9(15-7)5-14-10(12-3)13-4-8(16)11-2/h6H,4-5H2,1-3H3,(H,11,16)(H2,12,13,14). The van der Waals surface area contributed by atoms with Gasteiger partial charge >= 0.3 is 0 Å². The highest BCUT2D eigenvalue weighted by Crippen LogP contribution is 2.07. The van der Waals surface area contributed by atoms with Crippen LogP contribution in [0.4, 0.5) is 0 Å². The number of aryl methyl sites for hydroxylation is 1. The number of guanidine groups is 1. The summed E-state index contributed by atoms with van der Waals surface area (Å²) in [6.45, 7) is 2.76. The minimum atomic E-state index is -0.0851. The summed E-state index contributed by atoms with van der Waals surface area (Å²) >= 11 is 1.60. The van der Waals surface area contributed by atoms with Gasteiger partial charge < -0.3 is 16.0 Å². The zero-order chi connectivity index (χ0) is 12.7. The molecule has 17 heavy (non-hydrogen) atoms. The first-order chi connectivity index (χ1) is 8.15. The van der Waals surface area contributed by atoms with Crippen LogP contribution < -0.4 is 16.0 Å². The Balaban J connectivity index is 2.35. The van der Waals surface area contributed by atoms with Gasteiger partial charge in [0.15, 0.2) is 5.96 Å². The number of carbonyl (C=O) groups excluding carboxylic acids is 1. The average molecular weight is 255 g/mol. The van der Waals surface area contributed by atoms with Crippen LogP contribution in [-0.2, 0) is 11.3 Å². The first-order valence-corrected chi connectivity index (χ1v) is 6.09. The molecule has 0 radical (unpaired) electrons. The van der Waals surface area contributed by atoms with Crippen LogP contribution in [0.2, 0.25) is 0 Å². The highest BCUT2D eigenvalue weighted by Gasteiger charge is 2.03. The Hall–Kier alpha value is -1.63. The molecule has 0 aliphatic carbocycles. The lowest BCUT2D eigenvalue weighted by Gasteiger charge is -2.09. The monoisotopic (exact) mass is 255 g/mol. The molecule has 1 rings (SSSR count). The third kappa shape index (κ3) is 4.81. The molecular formula is C10H17N5OS. The fourth-order valence-electron chi connectivity index (χ4n) is 1.12. The highest BCUT2D eigenvalue weighted by molar-refractivity contribution is 7.09. The van der Waals surface area contributed by atoms with Crippen molar-refractivity contribution in [3.63, 3.8) is 0 Å². The number of likely N-dealkylation sites (N-methyl/N-ethyl adjacent to an activating group) is 1. The quantitative estimate of drug-likeness (QED) is 0.517. The van der Waals surface area contributed by atoms with Crippen molar-refractivity contribution in [2.75, 3.05) is 20.6 Å². The number of amides is 1. The maximum Gasteiger partial charge on any atom is 0.239 e. The number of nitrogens with one attached hydrogen (secondary N) is 3. The predicted octanol–water partition coefficient (Wildman–Crippen LogP) is -0.137. The fourth-order valence-corrected chi connectivity index (χ4v) is 1.83. The maximum atomic E-state index is 11.0. The normalized spacial score (nSPS) is 11.1. The van der Waals surface area contributed by atoms with Crippen LogP contribution in [0, 0.1) is 6.92 Å². The molecule has 0 spiro atoms. The molecule has 0 aromatic carbocycles. The van der Waals surface area contributed by atoms with E-state index in [1.54, 1.807) is 25.4 Å². The van der Waals surface area contributed by atoms with Crippen LogP contribution in [0.15, 0.2) is 10.4 Å². The van der Waals surface area contributed by atoms with Gasteiger partial charge in [-0.1, -0.05) is 0 Å². The number of aromatic nitrogens is 1. The summed E-state index contributed by atoms with van der Waals surface area (Å²) in [7, 11) is 3.25. The van der Waals surface area contributed by atoms with Crippen LogP contribution in [0.1, 0.15) is 10.7 Å². The minimum absolute atomic E-state index is 0.0851. The van der Waals surface area contributed by atoms with E-state index in [0.29, 0.717) is 12.5 Å². The fraction of sp³-hybridized carbons (Fsp3) is 0.500. The molecule has 0 unspecified atom stereocenters. The van der Waals surface area contributed by atoms with E-state index in [0.717, 1.165) is 10.7 Å². The van der Waals surface area contributed by atoms with Crippen molar-refractivity contribution in [1.82, 2.24) is 20.9 Å². The van der Waals surface area contributed by atoms with E-state index in [2.05, 4.69) is 25.9 Å². The van der Waals surface area contributed by atoms with Crippen molar-refractivity contribution in [3.05, 3.63) is 16.1 Å². The van der Waals surface area contributed by atoms with Crippen LogP contribution in [0.3, 0.4) is 0 Å². The molecule has 1 aromatic rings. The van der Waals surface area contributed by atoms with Crippen molar-refractivity contribution in [2.45, 2.75) is 13.5 Å². The van der Waals surface area contributed by atoms with Gasteiger partial charge in [0, 0.05) is 25.2 Å². The van der Waals surface area contributed by atoms with Gasteiger partial charge in [0.25, 0.3) is 0 Å². The van der Waals surface area contributed by atoms with Crippen molar-refractivity contribution >= 4 is 23.2 Å². The topological polar surface area (TPSA) is 78.4 Å². The lowest BCUT2D eigenvalue weighted by molar-refractivity contribution is -0.119. The van der Waals surface area contributed by atoms with Gasteiger partial charge in [0.05, 0.1) is 13.1 Å². The number of nitrogens with zero attached hydrogens (tertiary/aromatic N) is 2. The van der Waals surface area contributed by atoms with Gasteiger partial charge in [-0.05, 0) is 6.92 Å². The molecule has 1 heterocycles. The molecule has 0 aliphatic heterocycles. The van der Waals surface area contributed by atoms with Gasteiger partial charge in [-0.25, -0.2) is 4.98 Å². The lowest BCUT2D eigenvalue weighted by Crippen LogP contribution is -2.42. The van der Waals surface area contributed by atoms with Gasteiger partial charge in [-0.3, -0.25) is 9.79 Å². The van der Waals surface area contributed by atoms with Gasteiger partial charge in [-0.15, -0.1) is 11.3 Å². The smallest absolute Gasteiger partial charge is 0.239 e. The first kappa shape index (κ1) is 13.4. The Kier molecular flexibility index (Phi) is 5.41. The number of hydrogen-bond donors (Lipinski definition) is 3. The number of rotatable bonds is 4. The summed E-state index contributed by atoms with van der Waals surface area (Å²) < 4.78 is 0. The molecule has 1 amide bonds. The van der Waals surface area contributed by atoms with Crippen molar-refractivity contribution in [2.24, 2.45) is 4.99 Å². The summed E-state index contributed by atoms with van der Waals surface area (Å²) in [5, 5.41) is 11.5. The number of aliphatic imine (C=N–C) groups is 1. The van der Waals surface area contributed by atoms with E-state index < -0.39 is 0 Å². The maximum absolute atomic E-state index is 11.0. The Morgan fingerprint density at radius 3 is 2.82 bits per heavy atom. The summed E-state index contributed by atoms with van der Waals surface area (Å²) in [4.78, 5) is 19.4. The van der Waals surface area contributed by atoms with Crippen LogP contribution in [0.5, 0.6) is 0 Å². The van der Waals surface area contributed by atoms with Gasteiger partial charge in [-0.2, -0.15) is 0 Å². The summed E-state index contributed by atoms with van der Waals surface area (Å²) in [5.41, 5.74) is 1.01. The molecule has 0 saturated carbocycles. The number of carbonyl (C=O) groups is 1. The van der Waals surface area contributed by atoms with Crippen LogP contribution >= 0.6 is 11.3 Å². The Labute approximate surface area is 105 Å². The molecule has 3 N–H and O–H groups in total. The minimum Gasteiger partial charge on any atom is -0.358 e. The van der Waals surface area contributed by atoms with E-state index in [1.165, 1.54) is 0 Å². The molecule has 0 fully saturated rings. The second-order valence-corrected chi connectivity index (χ2v) is 4.28. The SMILES string of the molecule is CN=C(NCC(=O)NC)NCc1nc(C)cs1. The summed E-state index contributed by atoms with van der Waals surface area (Å²) in [5.74, 6) is 0.500. The second kappa shape index (κ2) is 6.85. The molecule has 94 valence electrons. The molecule has 0 saturated heterocycles. The van der Waals surface area contributed by atoms with E-state index in [4.69, 9.17) is 0 Å². The molecule has 1 aromatic heterocycles. The third-order valence-corrected chi connectivity index (χ3v) is 2.96. The second-order valence-electron chi connectivity index (χ2n) is 3.34. The zero-order valence-corrected chi connectivity index (χ0v) is 11.0. The van der Waals surface area contributed by atoms with Crippen molar-refractivity contribution < 1.29 is 4.79 Å². The lowest BCUT2D eigenvalue weighted by atomic mass is 10.5. The predicted molar refractivity (Wildman–Crippen MR) is 69.1 cm³/mol. The molecule has 0 atom stereocenters. The average Bonchev–Trinajstić information content (AvgIpc) is 2.75. The number of thiazole rings is 1. The van der Waals surface area contributed by atoms with E-state index in [9.17, 15) is 4.79 Å². The molecule has 0 aliphatic rings. The molecular weight excluding hydrogens is 238 g/mol. The largest absolute Gasteiger partial charge is 0.358 e. The van der Waals surface area contributed by atoms with E-state index >= 15 is 0 Å².